The number of rotatable bonds is 4. The Kier molecular flexibility index (Phi) is 5.25. The van der Waals surface area contributed by atoms with Crippen molar-refractivity contribution in [3.63, 3.8) is 0 Å². The van der Waals surface area contributed by atoms with Crippen LogP contribution in [-0.2, 0) is 18.2 Å². The molecule has 0 fully saturated rings. The number of nitrogens with one attached hydrogen (secondary N) is 1. The van der Waals surface area contributed by atoms with Crippen LogP contribution < -0.4 is 4.74 Å². The number of alkyl halides is 3. The predicted molar refractivity (Wildman–Crippen MR) is 116 cm³/mol. The second-order valence-corrected chi connectivity index (χ2v) is 8.54. The molecule has 6 heteroatoms. The summed E-state index contributed by atoms with van der Waals surface area (Å²) in [5.74, 6) is 1.16. The van der Waals surface area contributed by atoms with Crippen molar-refractivity contribution in [2.24, 2.45) is 0 Å². The molecule has 0 radical (unpaired) electrons. The quantitative estimate of drug-likeness (QED) is 0.379. The summed E-state index contributed by atoms with van der Waals surface area (Å²) in [6.45, 7) is 6.30. The third-order valence-corrected chi connectivity index (χ3v) is 5.17. The van der Waals surface area contributed by atoms with Gasteiger partial charge in [0.25, 0.3) is 0 Å². The summed E-state index contributed by atoms with van der Waals surface area (Å²) in [4.78, 5) is 7.99. The van der Waals surface area contributed by atoms with Crippen molar-refractivity contribution in [3.05, 3.63) is 83.4 Å². The summed E-state index contributed by atoms with van der Waals surface area (Å²) >= 11 is 0. The number of H-pyrrole nitrogens is 1. The fourth-order valence-electron chi connectivity index (χ4n) is 3.43. The van der Waals surface area contributed by atoms with Gasteiger partial charge in [-0.05, 0) is 41.3 Å². The van der Waals surface area contributed by atoms with Crippen molar-refractivity contribution in [3.8, 4) is 17.1 Å². The van der Waals surface area contributed by atoms with Crippen LogP contribution in [0.25, 0.3) is 22.4 Å². The second-order valence-electron chi connectivity index (χ2n) is 8.54. The summed E-state index contributed by atoms with van der Waals surface area (Å²) in [6.07, 6.45) is -4.41. The van der Waals surface area contributed by atoms with E-state index >= 15 is 0 Å². The lowest BCUT2D eigenvalue weighted by Crippen LogP contribution is -2.10. The Bertz CT molecular complexity index is 1220. The average Bonchev–Trinajstić information content (AvgIpc) is 3.15. The van der Waals surface area contributed by atoms with Gasteiger partial charge in [-0.25, -0.2) is 4.98 Å². The molecule has 0 aliphatic heterocycles. The number of fused-ring (bicyclic) bond motifs is 1. The van der Waals surface area contributed by atoms with E-state index < -0.39 is 11.7 Å². The molecule has 160 valence electrons. The molecule has 4 rings (SSSR count). The number of nitrogens with zero attached hydrogens (tertiary/aromatic N) is 1. The lowest BCUT2D eigenvalue weighted by molar-refractivity contribution is -0.138. The first-order chi connectivity index (χ1) is 14.6. The Morgan fingerprint density at radius 2 is 1.68 bits per heavy atom. The molecular formula is C25H23F3N2O. The number of hydrogen-bond donors (Lipinski definition) is 1. The number of aromatic amines is 1. The van der Waals surface area contributed by atoms with Crippen LogP contribution in [0.3, 0.4) is 0 Å². The van der Waals surface area contributed by atoms with Gasteiger partial charge in [-0.3, -0.25) is 0 Å². The zero-order chi connectivity index (χ0) is 22.2. The second kappa shape index (κ2) is 7.76. The van der Waals surface area contributed by atoms with Gasteiger partial charge in [-0.15, -0.1) is 0 Å². The molecule has 3 nitrogen and oxygen atoms in total. The van der Waals surface area contributed by atoms with Gasteiger partial charge in [-0.1, -0.05) is 57.2 Å². The van der Waals surface area contributed by atoms with Crippen LogP contribution >= 0.6 is 0 Å². The predicted octanol–water partition coefficient (Wildman–Crippen LogP) is 7.13. The van der Waals surface area contributed by atoms with E-state index in [1.807, 2.05) is 12.1 Å². The Balaban J connectivity index is 1.58. The molecule has 0 bridgehead atoms. The van der Waals surface area contributed by atoms with Crippen LogP contribution in [0.5, 0.6) is 5.75 Å². The fraction of sp³-hybridized carbons (Fsp3) is 0.240. The zero-order valence-electron chi connectivity index (χ0n) is 17.5. The maximum atomic E-state index is 13.2. The van der Waals surface area contributed by atoms with Crippen LogP contribution in [0.2, 0.25) is 0 Å². The van der Waals surface area contributed by atoms with Gasteiger partial charge < -0.3 is 9.72 Å². The van der Waals surface area contributed by atoms with Crippen molar-refractivity contribution in [2.75, 3.05) is 0 Å². The number of halogens is 3. The number of aromatic nitrogens is 2. The van der Waals surface area contributed by atoms with Gasteiger partial charge in [-0.2, -0.15) is 13.2 Å². The topological polar surface area (TPSA) is 37.9 Å². The van der Waals surface area contributed by atoms with E-state index in [0.29, 0.717) is 11.6 Å². The van der Waals surface area contributed by atoms with Crippen molar-refractivity contribution < 1.29 is 17.9 Å². The maximum Gasteiger partial charge on any atom is 0.416 e. The summed E-state index contributed by atoms with van der Waals surface area (Å²) in [7, 11) is 0. The average molecular weight is 424 g/mol. The SMILES string of the molecule is CC(C)(C)c1ccc2nc(-c3cccc(OCc4ccccc4C(F)(F)F)c3)[nH]c2c1. The van der Waals surface area contributed by atoms with E-state index in [-0.39, 0.29) is 17.6 Å². The highest BCUT2D eigenvalue weighted by molar-refractivity contribution is 5.80. The Hall–Kier alpha value is -3.28. The van der Waals surface area contributed by atoms with Crippen LogP contribution in [-0.4, -0.2) is 9.97 Å². The number of ether oxygens (including phenoxy) is 1. The highest BCUT2D eigenvalue weighted by Gasteiger charge is 2.33. The molecule has 0 unspecified atom stereocenters. The minimum Gasteiger partial charge on any atom is -0.489 e. The highest BCUT2D eigenvalue weighted by atomic mass is 19.4. The first kappa shape index (κ1) is 21.0. The van der Waals surface area contributed by atoms with Crippen molar-refractivity contribution in [1.82, 2.24) is 9.97 Å². The van der Waals surface area contributed by atoms with Crippen molar-refractivity contribution in [1.29, 1.82) is 0 Å². The van der Waals surface area contributed by atoms with Gasteiger partial charge in [0.15, 0.2) is 0 Å². The third-order valence-electron chi connectivity index (χ3n) is 5.17. The van der Waals surface area contributed by atoms with Crippen LogP contribution in [0.4, 0.5) is 13.2 Å². The van der Waals surface area contributed by atoms with Gasteiger partial charge in [0.05, 0.1) is 16.6 Å². The lowest BCUT2D eigenvalue weighted by Gasteiger charge is -2.18. The van der Waals surface area contributed by atoms with Crippen LogP contribution in [0, 0.1) is 0 Å². The molecule has 0 amide bonds. The standard InChI is InChI=1S/C25H23F3N2O/c1-24(2,3)18-11-12-21-22(14-18)30-23(29-21)16-8-6-9-19(13-16)31-15-17-7-4-5-10-20(17)25(26,27)28/h4-14H,15H2,1-3H3,(H,29,30). The summed E-state index contributed by atoms with van der Waals surface area (Å²) in [5, 5.41) is 0. The molecule has 1 heterocycles. The highest BCUT2D eigenvalue weighted by Crippen LogP contribution is 2.33. The molecule has 3 aromatic carbocycles. The third kappa shape index (κ3) is 4.58. The Morgan fingerprint density at radius 3 is 2.42 bits per heavy atom. The Labute approximate surface area is 178 Å². The summed E-state index contributed by atoms with van der Waals surface area (Å²) in [5.41, 5.74) is 3.24. The minimum atomic E-state index is -4.41. The van der Waals surface area contributed by atoms with Gasteiger partial charge in [0, 0.05) is 11.1 Å². The largest absolute Gasteiger partial charge is 0.489 e. The smallest absolute Gasteiger partial charge is 0.416 e. The molecule has 1 aromatic heterocycles. The number of imidazole rings is 1. The molecule has 0 atom stereocenters. The lowest BCUT2D eigenvalue weighted by atomic mass is 9.87. The fourth-order valence-corrected chi connectivity index (χ4v) is 3.43. The molecular weight excluding hydrogens is 401 g/mol. The monoisotopic (exact) mass is 424 g/mol. The number of hydrogen-bond acceptors (Lipinski definition) is 2. The maximum absolute atomic E-state index is 13.2. The Morgan fingerprint density at radius 1 is 0.903 bits per heavy atom. The minimum absolute atomic E-state index is 0.0277. The molecule has 0 spiro atoms. The first-order valence-corrected chi connectivity index (χ1v) is 10.00. The zero-order valence-corrected chi connectivity index (χ0v) is 17.5. The van der Waals surface area contributed by atoms with E-state index in [2.05, 4.69) is 42.9 Å². The van der Waals surface area contributed by atoms with E-state index in [1.54, 1.807) is 24.3 Å². The van der Waals surface area contributed by atoms with Crippen LogP contribution in [0.1, 0.15) is 37.5 Å². The molecule has 1 N–H and O–H groups in total. The van der Waals surface area contributed by atoms with Gasteiger partial charge in [0.2, 0.25) is 0 Å². The van der Waals surface area contributed by atoms with Gasteiger partial charge >= 0.3 is 6.18 Å². The summed E-state index contributed by atoms with van der Waals surface area (Å²) < 4.78 is 45.3. The molecule has 0 aliphatic carbocycles. The van der Waals surface area contributed by atoms with E-state index in [0.717, 1.165) is 22.7 Å². The van der Waals surface area contributed by atoms with E-state index in [9.17, 15) is 13.2 Å². The van der Waals surface area contributed by atoms with Crippen LogP contribution in [0.15, 0.2) is 66.7 Å². The molecule has 0 saturated heterocycles. The normalized spacial score (nSPS) is 12.3. The summed E-state index contributed by atoms with van der Waals surface area (Å²) in [6, 6.07) is 18.8. The van der Waals surface area contributed by atoms with Crippen molar-refractivity contribution >= 4 is 11.0 Å². The molecule has 31 heavy (non-hydrogen) atoms. The van der Waals surface area contributed by atoms with Crippen molar-refractivity contribution in [2.45, 2.75) is 39.0 Å². The van der Waals surface area contributed by atoms with E-state index in [1.165, 1.54) is 17.7 Å². The molecule has 0 saturated carbocycles. The number of benzene rings is 3. The van der Waals surface area contributed by atoms with E-state index in [4.69, 9.17) is 4.74 Å². The molecule has 4 aromatic rings. The van der Waals surface area contributed by atoms with Gasteiger partial charge in [0.1, 0.15) is 18.2 Å². The molecule has 0 aliphatic rings. The first-order valence-electron chi connectivity index (χ1n) is 10.00.